The molecule has 4 N–H and O–H groups in total. The molecule has 148 valence electrons. The highest BCUT2D eigenvalue weighted by Crippen LogP contribution is 2.21. The molecule has 0 spiro atoms. The number of amides is 1. The standard InChI is InChI=1S/C23H20N6O/c1-15-4-5-16(13-20(15)24)22(30)27-18-6-8-19(9-7-18)28-23-26-12-10-21(29-23)17-3-2-11-25-14-17/h2-14H,24H2,1H3,(H,27,30)(H,26,28,29). The van der Waals surface area contributed by atoms with Gasteiger partial charge in [0, 0.05) is 46.8 Å². The minimum atomic E-state index is -0.213. The van der Waals surface area contributed by atoms with Gasteiger partial charge in [-0.3, -0.25) is 9.78 Å². The molecule has 0 radical (unpaired) electrons. The lowest BCUT2D eigenvalue weighted by Gasteiger charge is -2.09. The van der Waals surface area contributed by atoms with Gasteiger partial charge in [-0.05, 0) is 67.1 Å². The Kier molecular flexibility index (Phi) is 5.34. The smallest absolute Gasteiger partial charge is 0.255 e. The van der Waals surface area contributed by atoms with Crippen molar-refractivity contribution in [2.45, 2.75) is 6.92 Å². The molecule has 2 heterocycles. The van der Waals surface area contributed by atoms with E-state index in [4.69, 9.17) is 5.73 Å². The summed E-state index contributed by atoms with van der Waals surface area (Å²) in [5.74, 6) is 0.262. The predicted octanol–water partition coefficient (Wildman–Crippen LogP) is 4.43. The van der Waals surface area contributed by atoms with Gasteiger partial charge in [0.25, 0.3) is 5.91 Å². The van der Waals surface area contributed by atoms with E-state index in [9.17, 15) is 4.79 Å². The fourth-order valence-electron chi connectivity index (χ4n) is 2.84. The Morgan fingerprint density at radius 2 is 1.77 bits per heavy atom. The molecule has 0 fully saturated rings. The number of hydrogen-bond donors (Lipinski definition) is 3. The zero-order valence-corrected chi connectivity index (χ0v) is 16.3. The number of carbonyl (C=O) groups excluding carboxylic acids is 1. The van der Waals surface area contributed by atoms with Gasteiger partial charge >= 0.3 is 0 Å². The SMILES string of the molecule is Cc1ccc(C(=O)Nc2ccc(Nc3nccc(-c4cccnc4)n3)cc2)cc1N. The Hall–Kier alpha value is -4.26. The van der Waals surface area contributed by atoms with Crippen LogP contribution in [0.15, 0.2) is 79.3 Å². The van der Waals surface area contributed by atoms with Crippen molar-refractivity contribution in [1.29, 1.82) is 0 Å². The van der Waals surface area contributed by atoms with E-state index >= 15 is 0 Å². The van der Waals surface area contributed by atoms with Gasteiger partial charge in [-0.25, -0.2) is 9.97 Å². The molecule has 0 aliphatic carbocycles. The number of nitrogens with one attached hydrogen (secondary N) is 2. The third-order valence-electron chi connectivity index (χ3n) is 4.55. The van der Waals surface area contributed by atoms with Crippen LogP contribution in [0.5, 0.6) is 0 Å². The molecule has 0 saturated carbocycles. The minimum absolute atomic E-state index is 0.213. The van der Waals surface area contributed by atoms with Gasteiger partial charge in [-0.1, -0.05) is 6.07 Å². The van der Waals surface area contributed by atoms with Gasteiger partial charge in [0.05, 0.1) is 5.69 Å². The number of nitrogen functional groups attached to an aromatic ring is 1. The lowest BCUT2D eigenvalue weighted by atomic mass is 10.1. The van der Waals surface area contributed by atoms with Crippen molar-refractivity contribution in [3.63, 3.8) is 0 Å². The number of hydrogen-bond acceptors (Lipinski definition) is 6. The van der Waals surface area contributed by atoms with Gasteiger partial charge in [-0.15, -0.1) is 0 Å². The zero-order chi connectivity index (χ0) is 20.9. The van der Waals surface area contributed by atoms with Crippen LogP contribution >= 0.6 is 0 Å². The number of carbonyl (C=O) groups is 1. The quantitative estimate of drug-likeness (QED) is 0.431. The van der Waals surface area contributed by atoms with Crippen molar-refractivity contribution in [2.75, 3.05) is 16.4 Å². The number of nitrogens with two attached hydrogens (primary N) is 1. The fraction of sp³-hybridized carbons (Fsp3) is 0.0435. The third-order valence-corrected chi connectivity index (χ3v) is 4.55. The molecular formula is C23H20N6O. The number of aromatic nitrogens is 3. The second-order valence-corrected chi connectivity index (χ2v) is 6.74. The average Bonchev–Trinajstić information content (AvgIpc) is 2.78. The summed E-state index contributed by atoms with van der Waals surface area (Å²) in [5.41, 5.74) is 11.1. The average molecular weight is 396 g/mol. The van der Waals surface area contributed by atoms with Gasteiger partial charge < -0.3 is 16.4 Å². The van der Waals surface area contributed by atoms with E-state index < -0.39 is 0 Å². The Balaban J connectivity index is 1.44. The van der Waals surface area contributed by atoms with Crippen LogP contribution in [0.3, 0.4) is 0 Å². The maximum atomic E-state index is 12.4. The predicted molar refractivity (Wildman–Crippen MR) is 119 cm³/mol. The summed E-state index contributed by atoms with van der Waals surface area (Å²) in [6.45, 7) is 1.90. The molecule has 2 aromatic carbocycles. The first-order valence-electron chi connectivity index (χ1n) is 9.36. The van der Waals surface area contributed by atoms with Crippen molar-refractivity contribution >= 4 is 28.9 Å². The van der Waals surface area contributed by atoms with Crippen molar-refractivity contribution in [2.24, 2.45) is 0 Å². The summed E-state index contributed by atoms with van der Waals surface area (Å²) in [4.78, 5) is 25.3. The monoisotopic (exact) mass is 396 g/mol. The molecule has 0 unspecified atom stereocenters. The first-order valence-corrected chi connectivity index (χ1v) is 9.36. The number of nitrogens with zero attached hydrogens (tertiary/aromatic N) is 3. The van der Waals surface area contributed by atoms with Gasteiger partial charge in [0.15, 0.2) is 0 Å². The lowest BCUT2D eigenvalue weighted by Crippen LogP contribution is -2.12. The van der Waals surface area contributed by atoms with Crippen molar-refractivity contribution in [3.8, 4) is 11.3 Å². The van der Waals surface area contributed by atoms with Crippen LogP contribution in [0.1, 0.15) is 15.9 Å². The molecule has 0 aliphatic heterocycles. The van der Waals surface area contributed by atoms with Crippen molar-refractivity contribution in [1.82, 2.24) is 15.0 Å². The van der Waals surface area contributed by atoms with E-state index in [1.54, 1.807) is 30.7 Å². The lowest BCUT2D eigenvalue weighted by molar-refractivity contribution is 0.102. The molecule has 0 atom stereocenters. The molecule has 1 amide bonds. The summed E-state index contributed by atoms with van der Waals surface area (Å²) in [5, 5.41) is 6.03. The first kappa shape index (κ1) is 19.1. The molecule has 7 heteroatoms. The number of pyridine rings is 1. The summed E-state index contributed by atoms with van der Waals surface area (Å²) >= 11 is 0. The largest absolute Gasteiger partial charge is 0.398 e. The van der Waals surface area contributed by atoms with Crippen LogP contribution in [0.2, 0.25) is 0 Å². The second kappa shape index (κ2) is 8.40. The van der Waals surface area contributed by atoms with Crippen LogP contribution in [0, 0.1) is 6.92 Å². The molecule has 4 rings (SSSR count). The van der Waals surface area contributed by atoms with E-state index in [0.717, 1.165) is 22.5 Å². The highest BCUT2D eigenvalue weighted by atomic mass is 16.1. The molecule has 0 saturated heterocycles. The Morgan fingerprint density at radius 3 is 2.50 bits per heavy atom. The van der Waals surface area contributed by atoms with Crippen LogP contribution in [-0.4, -0.2) is 20.9 Å². The number of anilines is 4. The van der Waals surface area contributed by atoms with Gasteiger partial charge in [0.1, 0.15) is 0 Å². The van der Waals surface area contributed by atoms with E-state index in [1.807, 2.05) is 55.5 Å². The second-order valence-electron chi connectivity index (χ2n) is 6.74. The number of benzene rings is 2. The van der Waals surface area contributed by atoms with Crippen LogP contribution < -0.4 is 16.4 Å². The molecule has 0 aliphatic rings. The van der Waals surface area contributed by atoms with E-state index in [2.05, 4.69) is 25.6 Å². The third kappa shape index (κ3) is 4.41. The molecule has 2 aromatic heterocycles. The number of aryl methyl sites for hydroxylation is 1. The molecule has 7 nitrogen and oxygen atoms in total. The van der Waals surface area contributed by atoms with E-state index in [-0.39, 0.29) is 5.91 Å². The zero-order valence-electron chi connectivity index (χ0n) is 16.3. The van der Waals surface area contributed by atoms with Gasteiger partial charge in [-0.2, -0.15) is 0 Å². The highest BCUT2D eigenvalue weighted by Gasteiger charge is 2.08. The Bertz CT molecular complexity index is 1180. The number of rotatable bonds is 5. The van der Waals surface area contributed by atoms with Crippen molar-refractivity contribution < 1.29 is 4.79 Å². The minimum Gasteiger partial charge on any atom is -0.398 e. The summed E-state index contributed by atoms with van der Waals surface area (Å²) in [6, 6.07) is 18.2. The Morgan fingerprint density at radius 1 is 0.967 bits per heavy atom. The first-order chi connectivity index (χ1) is 14.6. The molecule has 0 bridgehead atoms. The summed E-state index contributed by atoms with van der Waals surface area (Å²) < 4.78 is 0. The van der Waals surface area contributed by atoms with Crippen molar-refractivity contribution in [3.05, 3.63) is 90.4 Å². The van der Waals surface area contributed by atoms with E-state index in [1.165, 1.54) is 0 Å². The fourth-order valence-corrected chi connectivity index (χ4v) is 2.84. The molecular weight excluding hydrogens is 376 g/mol. The maximum absolute atomic E-state index is 12.4. The molecule has 4 aromatic rings. The van der Waals surface area contributed by atoms with Crippen LogP contribution in [-0.2, 0) is 0 Å². The summed E-state index contributed by atoms with van der Waals surface area (Å²) in [7, 11) is 0. The normalized spacial score (nSPS) is 10.4. The van der Waals surface area contributed by atoms with E-state index in [0.29, 0.717) is 22.9 Å². The maximum Gasteiger partial charge on any atom is 0.255 e. The topological polar surface area (TPSA) is 106 Å². The Labute approximate surface area is 174 Å². The highest BCUT2D eigenvalue weighted by molar-refractivity contribution is 6.04. The van der Waals surface area contributed by atoms with Crippen LogP contribution in [0.4, 0.5) is 23.0 Å². The van der Waals surface area contributed by atoms with Gasteiger partial charge in [0.2, 0.25) is 5.95 Å². The molecule has 30 heavy (non-hydrogen) atoms. The van der Waals surface area contributed by atoms with Crippen LogP contribution in [0.25, 0.3) is 11.3 Å². The summed E-state index contributed by atoms with van der Waals surface area (Å²) in [6.07, 6.45) is 5.17.